The predicted octanol–water partition coefficient (Wildman–Crippen LogP) is 3.92. The Hall–Kier alpha value is -4.08. The maximum atomic E-state index is 13.3. The summed E-state index contributed by atoms with van der Waals surface area (Å²) in [6.45, 7) is 2.47. The number of carbonyl (C=O) groups excluding carboxylic acids is 2. The summed E-state index contributed by atoms with van der Waals surface area (Å²) in [7, 11) is 1.50. The van der Waals surface area contributed by atoms with E-state index < -0.39 is 5.82 Å². The largest absolute Gasteiger partial charge is 0.494 e. The third kappa shape index (κ3) is 5.28. The Balaban J connectivity index is 1.70. The Kier molecular flexibility index (Phi) is 6.95. The molecule has 0 radical (unpaired) electrons. The molecule has 1 aromatic carbocycles. The lowest BCUT2D eigenvalue weighted by Gasteiger charge is -2.17. The van der Waals surface area contributed by atoms with E-state index in [4.69, 9.17) is 4.74 Å². The van der Waals surface area contributed by atoms with Crippen LogP contribution in [0.4, 0.5) is 21.6 Å². The van der Waals surface area contributed by atoms with Crippen molar-refractivity contribution in [3.63, 3.8) is 0 Å². The van der Waals surface area contributed by atoms with E-state index in [0.717, 1.165) is 31.7 Å². The van der Waals surface area contributed by atoms with Gasteiger partial charge in [0.2, 0.25) is 5.91 Å². The monoisotopic (exact) mass is 464 g/mol. The summed E-state index contributed by atoms with van der Waals surface area (Å²) in [6.07, 6.45) is 6.10. The van der Waals surface area contributed by atoms with Crippen LogP contribution in [-0.2, 0) is 4.79 Å². The number of nitrogens with one attached hydrogen (secondary N) is 3. The second-order valence-electron chi connectivity index (χ2n) is 7.87. The van der Waals surface area contributed by atoms with Gasteiger partial charge in [0.05, 0.1) is 42.0 Å². The van der Waals surface area contributed by atoms with Crippen LogP contribution in [0.25, 0.3) is 11.4 Å². The number of ether oxygens (including phenoxy) is 1. The molecule has 1 aliphatic carbocycles. The number of methoxy groups -OCH3 is 1. The van der Waals surface area contributed by atoms with Crippen LogP contribution in [0.2, 0.25) is 0 Å². The minimum absolute atomic E-state index is 0.0122. The maximum Gasteiger partial charge on any atom is 0.254 e. The first-order valence-electron chi connectivity index (χ1n) is 11.0. The van der Waals surface area contributed by atoms with Gasteiger partial charge >= 0.3 is 0 Å². The molecule has 3 N–H and O–H groups in total. The van der Waals surface area contributed by atoms with Crippen molar-refractivity contribution >= 4 is 29.0 Å². The molecular weight excluding hydrogens is 439 g/mol. The van der Waals surface area contributed by atoms with Crippen molar-refractivity contribution < 1.29 is 18.7 Å². The van der Waals surface area contributed by atoms with Gasteiger partial charge < -0.3 is 20.7 Å². The van der Waals surface area contributed by atoms with Crippen molar-refractivity contribution in [2.45, 2.75) is 26.2 Å². The minimum atomic E-state index is -0.544. The first-order valence-corrected chi connectivity index (χ1v) is 11.0. The fourth-order valence-electron chi connectivity index (χ4n) is 3.34. The molecule has 34 heavy (non-hydrogen) atoms. The maximum absolute atomic E-state index is 13.3. The minimum Gasteiger partial charge on any atom is -0.494 e. The molecule has 1 aliphatic rings. The van der Waals surface area contributed by atoms with Crippen molar-refractivity contribution in [1.29, 1.82) is 0 Å². The Bertz CT molecular complexity index is 1200. The number of aromatic nitrogens is 3. The molecule has 176 valence electrons. The first kappa shape index (κ1) is 23.1. The summed E-state index contributed by atoms with van der Waals surface area (Å²) in [5.41, 5.74) is 1.82. The van der Waals surface area contributed by atoms with Crippen molar-refractivity contribution in [1.82, 2.24) is 20.3 Å². The number of para-hydroxylation sites is 1. The third-order valence-corrected chi connectivity index (χ3v) is 5.23. The molecule has 4 rings (SSSR count). The molecule has 0 bridgehead atoms. The zero-order chi connectivity index (χ0) is 24.1. The van der Waals surface area contributed by atoms with E-state index in [2.05, 4.69) is 30.9 Å². The molecule has 0 aliphatic heterocycles. The number of rotatable bonds is 9. The van der Waals surface area contributed by atoms with Gasteiger partial charge in [0, 0.05) is 24.7 Å². The van der Waals surface area contributed by atoms with Gasteiger partial charge in [0.15, 0.2) is 17.4 Å². The molecule has 9 nitrogen and oxygen atoms in total. The number of carbonyl (C=O) groups is 2. The fraction of sp³-hybridized carbons (Fsp3) is 0.292. The van der Waals surface area contributed by atoms with Gasteiger partial charge in [0.1, 0.15) is 5.82 Å². The first-order chi connectivity index (χ1) is 16.5. The average Bonchev–Trinajstić information content (AvgIpc) is 3.69. The number of pyridine rings is 1. The molecular formula is C24H25FN6O3. The van der Waals surface area contributed by atoms with Gasteiger partial charge in [-0.2, -0.15) is 0 Å². The van der Waals surface area contributed by atoms with E-state index in [1.807, 2.05) is 6.92 Å². The summed E-state index contributed by atoms with van der Waals surface area (Å²) in [6, 6.07) is 6.89. The molecule has 2 amide bonds. The molecule has 10 heteroatoms. The number of amides is 2. The lowest BCUT2D eigenvalue weighted by Crippen LogP contribution is -2.25. The zero-order valence-electron chi connectivity index (χ0n) is 18.9. The van der Waals surface area contributed by atoms with Gasteiger partial charge in [-0.25, -0.2) is 19.3 Å². The summed E-state index contributed by atoms with van der Waals surface area (Å²) in [5, 5.41) is 8.87. The van der Waals surface area contributed by atoms with E-state index >= 15 is 0 Å². The highest BCUT2D eigenvalue weighted by atomic mass is 19.1. The van der Waals surface area contributed by atoms with E-state index in [1.54, 1.807) is 24.3 Å². The molecule has 1 fully saturated rings. The van der Waals surface area contributed by atoms with E-state index in [0.29, 0.717) is 40.6 Å². The highest BCUT2D eigenvalue weighted by molar-refractivity contribution is 6.01. The molecule has 0 atom stereocenters. The highest BCUT2D eigenvalue weighted by Crippen LogP contribution is 2.37. The number of anilines is 3. The van der Waals surface area contributed by atoms with Crippen molar-refractivity contribution in [2.75, 3.05) is 24.3 Å². The lowest BCUT2D eigenvalue weighted by atomic mass is 10.1. The van der Waals surface area contributed by atoms with E-state index in [-0.39, 0.29) is 23.6 Å². The van der Waals surface area contributed by atoms with Crippen LogP contribution < -0.4 is 20.7 Å². The van der Waals surface area contributed by atoms with E-state index in [9.17, 15) is 14.0 Å². The Morgan fingerprint density at radius 3 is 2.56 bits per heavy atom. The number of halogens is 1. The SMILES string of the molecule is CCCNC(=O)c1cnc(NC(=O)C2CC2)cc1Nc1cccc(-c2ncc(F)cn2)c1OC. The van der Waals surface area contributed by atoms with Crippen LogP contribution in [-0.4, -0.2) is 40.4 Å². The second kappa shape index (κ2) is 10.2. The number of hydrogen-bond donors (Lipinski definition) is 3. The number of benzene rings is 1. The zero-order valence-corrected chi connectivity index (χ0v) is 18.9. The fourth-order valence-corrected chi connectivity index (χ4v) is 3.34. The molecule has 2 aromatic heterocycles. The highest BCUT2D eigenvalue weighted by Gasteiger charge is 2.30. The quantitative estimate of drug-likeness (QED) is 0.439. The molecule has 0 spiro atoms. The Labute approximate surface area is 196 Å². The van der Waals surface area contributed by atoms with E-state index in [1.165, 1.54) is 13.3 Å². The summed E-state index contributed by atoms with van der Waals surface area (Å²) in [4.78, 5) is 37.3. The van der Waals surface area contributed by atoms with Crippen molar-refractivity contribution in [3.8, 4) is 17.1 Å². The summed E-state index contributed by atoms with van der Waals surface area (Å²) in [5.74, 6) is 0.117. The van der Waals surface area contributed by atoms with Crippen LogP contribution in [0, 0.1) is 11.7 Å². The van der Waals surface area contributed by atoms with Crippen molar-refractivity contribution in [2.24, 2.45) is 5.92 Å². The van der Waals surface area contributed by atoms with Gasteiger partial charge in [-0.15, -0.1) is 0 Å². The van der Waals surface area contributed by atoms with Crippen LogP contribution in [0.1, 0.15) is 36.5 Å². The molecule has 0 saturated heterocycles. The number of hydrogen-bond acceptors (Lipinski definition) is 7. The Morgan fingerprint density at radius 1 is 1.12 bits per heavy atom. The Morgan fingerprint density at radius 2 is 1.88 bits per heavy atom. The normalized spacial score (nSPS) is 12.7. The van der Waals surface area contributed by atoms with Crippen molar-refractivity contribution in [3.05, 3.63) is 54.2 Å². The topological polar surface area (TPSA) is 118 Å². The molecule has 2 heterocycles. The second-order valence-corrected chi connectivity index (χ2v) is 7.87. The van der Waals surface area contributed by atoms with Crippen LogP contribution in [0.5, 0.6) is 5.75 Å². The third-order valence-electron chi connectivity index (χ3n) is 5.23. The van der Waals surface area contributed by atoms with Crippen LogP contribution in [0.15, 0.2) is 42.9 Å². The van der Waals surface area contributed by atoms with Gasteiger partial charge in [-0.05, 0) is 31.4 Å². The summed E-state index contributed by atoms with van der Waals surface area (Å²) < 4.78 is 18.9. The molecule has 0 unspecified atom stereocenters. The van der Waals surface area contributed by atoms with Gasteiger partial charge in [0.25, 0.3) is 5.91 Å². The summed E-state index contributed by atoms with van der Waals surface area (Å²) >= 11 is 0. The van der Waals surface area contributed by atoms with Gasteiger partial charge in [-0.1, -0.05) is 13.0 Å². The predicted molar refractivity (Wildman–Crippen MR) is 125 cm³/mol. The van der Waals surface area contributed by atoms with Gasteiger partial charge in [-0.3, -0.25) is 9.59 Å². The number of nitrogens with zero attached hydrogens (tertiary/aromatic N) is 3. The molecule has 1 saturated carbocycles. The average molecular weight is 465 g/mol. The van der Waals surface area contributed by atoms with Crippen LogP contribution in [0.3, 0.4) is 0 Å². The van der Waals surface area contributed by atoms with Crippen LogP contribution >= 0.6 is 0 Å². The molecule has 3 aromatic rings. The lowest BCUT2D eigenvalue weighted by molar-refractivity contribution is -0.117. The smallest absolute Gasteiger partial charge is 0.254 e. The standard InChI is InChI=1S/C24H25FN6O3/c1-3-9-26-24(33)17-13-27-20(31-23(32)14-7-8-14)10-19(17)30-18-6-4-5-16(21(18)34-2)22-28-11-15(25)12-29-22/h4-6,10-14H,3,7-9H2,1-2H3,(H,26,33)(H2,27,30,31,32).